The monoisotopic (exact) mass is 240 g/mol. The van der Waals surface area contributed by atoms with Crippen molar-refractivity contribution < 1.29 is 4.74 Å². The van der Waals surface area contributed by atoms with E-state index in [1.54, 1.807) is 0 Å². The lowest BCUT2D eigenvalue weighted by atomic mass is 9.62. The van der Waals surface area contributed by atoms with Crippen LogP contribution in [0, 0.1) is 29.6 Å². The number of hydrogen-bond acceptors (Lipinski definition) is 1. The molecule has 0 bridgehead atoms. The minimum Gasteiger partial charge on any atom is -0.381 e. The summed E-state index contributed by atoms with van der Waals surface area (Å²) in [5.74, 6) is 4.24. The fourth-order valence-corrected chi connectivity index (χ4v) is 4.28. The average Bonchev–Trinajstić information content (AvgIpc) is 2.28. The van der Waals surface area contributed by atoms with Crippen molar-refractivity contribution in [3.8, 4) is 0 Å². The van der Waals surface area contributed by atoms with E-state index in [4.69, 9.17) is 4.74 Å². The lowest BCUT2D eigenvalue weighted by Gasteiger charge is -2.45. The van der Waals surface area contributed by atoms with E-state index in [1.165, 1.54) is 25.7 Å². The maximum atomic E-state index is 5.58. The number of hydrogen-bond donors (Lipinski definition) is 0. The number of methoxy groups -OCH3 is 1. The van der Waals surface area contributed by atoms with E-state index in [1.807, 2.05) is 7.11 Å². The Morgan fingerprint density at radius 2 is 1.82 bits per heavy atom. The van der Waals surface area contributed by atoms with Crippen molar-refractivity contribution in [2.24, 2.45) is 29.6 Å². The molecule has 0 saturated heterocycles. The summed E-state index contributed by atoms with van der Waals surface area (Å²) >= 11 is 0. The SMILES string of the molecule is CCCC(C)C1C(C)CCC(C(C)OC)C1C. The van der Waals surface area contributed by atoms with Crippen LogP contribution in [-0.4, -0.2) is 13.2 Å². The molecule has 6 atom stereocenters. The highest BCUT2D eigenvalue weighted by molar-refractivity contribution is 4.88. The van der Waals surface area contributed by atoms with E-state index >= 15 is 0 Å². The number of ether oxygens (including phenoxy) is 1. The zero-order chi connectivity index (χ0) is 13.0. The third-order valence-electron chi connectivity index (χ3n) is 5.27. The van der Waals surface area contributed by atoms with Gasteiger partial charge in [-0.25, -0.2) is 0 Å². The smallest absolute Gasteiger partial charge is 0.0574 e. The lowest BCUT2D eigenvalue weighted by molar-refractivity contribution is -0.0236. The molecule has 0 radical (unpaired) electrons. The Morgan fingerprint density at radius 1 is 1.18 bits per heavy atom. The molecule has 1 aliphatic rings. The minimum absolute atomic E-state index is 0.425. The normalized spacial score (nSPS) is 37.8. The second-order valence-corrected chi connectivity index (χ2v) is 6.36. The van der Waals surface area contributed by atoms with Crippen molar-refractivity contribution >= 4 is 0 Å². The highest BCUT2D eigenvalue weighted by Gasteiger charge is 2.39. The largest absolute Gasteiger partial charge is 0.381 e. The summed E-state index contributed by atoms with van der Waals surface area (Å²) in [6, 6.07) is 0. The van der Waals surface area contributed by atoms with Gasteiger partial charge in [-0.3, -0.25) is 0 Å². The second-order valence-electron chi connectivity index (χ2n) is 6.36. The van der Waals surface area contributed by atoms with Gasteiger partial charge in [0.25, 0.3) is 0 Å². The van der Waals surface area contributed by atoms with Gasteiger partial charge in [0.1, 0.15) is 0 Å². The van der Waals surface area contributed by atoms with Crippen LogP contribution in [0.5, 0.6) is 0 Å². The van der Waals surface area contributed by atoms with Crippen molar-refractivity contribution in [1.29, 1.82) is 0 Å². The van der Waals surface area contributed by atoms with Crippen LogP contribution in [0.2, 0.25) is 0 Å². The molecule has 6 unspecified atom stereocenters. The molecule has 0 aromatic heterocycles. The Labute approximate surface area is 108 Å². The molecule has 17 heavy (non-hydrogen) atoms. The maximum absolute atomic E-state index is 5.58. The van der Waals surface area contributed by atoms with Crippen molar-refractivity contribution in [3.05, 3.63) is 0 Å². The fraction of sp³-hybridized carbons (Fsp3) is 1.00. The predicted octanol–water partition coefficient (Wildman–Crippen LogP) is 4.76. The summed E-state index contributed by atoms with van der Waals surface area (Å²) in [4.78, 5) is 0. The third-order valence-corrected chi connectivity index (χ3v) is 5.27. The summed E-state index contributed by atoms with van der Waals surface area (Å²) in [6.07, 6.45) is 5.87. The van der Waals surface area contributed by atoms with E-state index in [0.717, 1.165) is 29.6 Å². The molecule has 0 heterocycles. The van der Waals surface area contributed by atoms with Crippen molar-refractivity contribution in [2.45, 2.75) is 66.4 Å². The van der Waals surface area contributed by atoms with Crippen molar-refractivity contribution in [3.63, 3.8) is 0 Å². The molecule has 1 saturated carbocycles. The van der Waals surface area contributed by atoms with Gasteiger partial charge in [0.15, 0.2) is 0 Å². The molecule has 1 nitrogen and oxygen atoms in total. The standard InChI is InChI=1S/C16H32O/c1-7-8-11(2)16-12(3)9-10-15(13(16)4)14(5)17-6/h11-16H,7-10H2,1-6H3. The zero-order valence-electron chi connectivity index (χ0n) is 12.7. The van der Waals surface area contributed by atoms with Gasteiger partial charge in [-0.15, -0.1) is 0 Å². The van der Waals surface area contributed by atoms with Crippen LogP contribution in [0.15, 0.2) is 0 Å². The Kier molecular flexibility index (Phi) is 5.99. The molecular formula is C16H32O. The van der Waals surface area contributed by atoms with Crippen LogP contribution >= 0.6 is 0 Å². The molecular weight excluding hydrogens is 208 g/mol. The van der Waals surface area contributed by atoms with E-state index in [2.05, 4.69) is 34.6 Å². The van der Waals surface area contributed by atoms with Gasteiger partial charge in [0.2, 0.25) is 0 Å². The van der Waals surface area contributed by atoms with Gasteiger partial charge in [-0.05, 0) is 42.9 Å². The summed E-state index contributed by atoms with van der Waals surface area (Å²) in [6.45, 7) is 11.9. The maximum Gasteiger partial charge on any atom is 0.0574 e. The van der Waals surface area contributed by atoms with Gasteiger partial charge in [0.05, 0.1) is 6.10 Å². The molecule has 0 N–H and O–H groups in total. The Bertz CT molecular complexity index is 214. The lowest BCUT2D eigenvalue weighted by Crippen LogP contribution is -2.40. The first-order valence-electron chi connectivity index (χ1n) is 7.55. The second kappa shape index (κ2) is 6.78. The Hall–Kier alpha value is -0.0400. The summed E-state index contributed by atoms with van der Waals surface area (Å²) in [5, 5.41) is 0. The quantitative estimate of drug-likeness (QED) is 0.673. The van der Waals surface area contributed by atoms with Gasteiger partial charge in [0, 0.05) is 7.11 Å². The minimum atomic E-state index is 0.425. The topological polar surface area (TPSA) is 9.23 Å². The van der Waals surface area contributed by atoms with Crippen molar-refractivity contribution in [1.82, 2.24) is 0 Å². The highest BCUT2D eigenvalue weighted by atomic mass is 16.5. The molecule has 0 amide bonds. The molecule has 102 valence electrons. The van der Waals surface area contributed by atoms with Crippen molar-refractivity contribution in [2.75, 3.05) is 7.11 Å². The van der Waals surface area contributed by atoms with Crippen LogP contribution in [0.4, 0.5) is 0 Å². The van der Waals surface area contributed by atoms with Gasteiger partial charge >= 0.3 is 0 Å². The Balaban J connectivity index is 2.72. The molecule has 0 aliphatic heterocycles. The first-order chi connectivity index (χ1) is 8.02. The van der Waals surface area contributed by atoms with Gasteiger partial charge < -0.3 is 4.74 Å². The van der Waals surface area contributed by atoms with Crippen LogP contribution < -0.4 is 0 Å². The molecule has 0 spiro atoms. The molecule has 1 rings (SSSR count). The van der Waals surface area contributed by atoms with Crippen LogP contribution in [0.25, 0.3) is 0 Å². The third kappa shape index (κ3) is 3.47. The van der Waals surface area contributed by atoms with E-state index in [0.29, 0.717) is 6.10 Å². The summed E-state index contributed by atoms with van der Waals surface area (Å²) in [5.41, 5.74) is 0. The van der Waals surface area contributed by atoms with Crippen LogP contribution in [0.1, 0.15) is 60.3 Å². The van der Waals surface area contributed by atoms with Gasteiger partial charge in [-0.2, -0.15) is 0 Å². The molecule has 0 aromatic carbocycles. The molecule has 1 fully saturated rings. The molecule has 0 aromatic rings. The molecule has 1 heteroatoms. The number of rotatable bonds is 5. The van der Waals surface area contributed by atoms with E-state index in [-0.39, 0.29) is 0 Å². The molecule has 1 aliphatic carbocycles. The first kappa shape index (κ1) is 15.0. The zero-order valence-corrected chi connectivity index (χ0v) is 12.7. The van der Waals surface area contributed by atoms with Crippen LogP contribution in [-0.2, 0) is 4.74 Å². The van der Waals surface area contributed by atoms with E-state index in [9.17, 15) is 0 Å². The first-order valence-corrected chi connectivity index (χ1v) is 7.55. The predicted molar refractivity (Wildman–Crippen MR) is 75.1 cm³/mol. The van der Waals surface area contributed by atoms with Crippen LogP contribution in [0.3, 0.4) is 0 Å². The Morgan fingerprint density at radius 3 is 2.35 bits per heavy atom. The van der Waals surface area contributed by atoms with Gasteiger partial charge in [-0.1, -0.05) is 47.0 Å². The summed E-state index contributed by atoms with van der Waals surface area (Å²) in [7, 11) is 1.86. The summed E-state index contributed by atoms with van der Waals surface area (Å²) < 4.78 is 5.58. The fourth-order valence-electron chi connectivity index (χ4n) is 4.28. The highest BCUT2D eigenvalue weighted by Crippen LogP contribution is 2.45. The van der Waals surface area contributed by atoms with E-state index < -0.39 is 0 Å². The average molecular weight is 240 g/mol.